The van der Waals surface area contributed by atoms with Crippen LogP contribution in [0.2, 0.25) is 5.02 Å². The molecule has 0 aliphatic rings. The van der Waals surface area contributed by atoms with Gasteiger partial charge in [0.05, 0.1) is 27.9 Å². The van der Waals surface area contributed by atoms with Gasteiger partial charge in [-0.1, -0.05) is 29.8 Å². The molecule has 0 radical (unpaired) electrons. The number of hydrogen-bond acceptors (Lipinski definition) is 6. The monoisotopic (exact) mass is 472 g/mol. The molecule has 10 heteroatoms. The van der Waals surface area contributed by atoms with Crippen molar-refractivity contribution >= 4 is 34.5 Å². The lowest BCUT2D eigenvalue weighted by Gasteiger charge is -2.13. The number of para-hydroxylation sites is 1. The molecular formula is C22H18ClFN4O3S. The molecular weight excluding hydrogens is 455 g/mol. The topological polar surface area (TPSA) is 78.3 Å². The maximum absolute atomic E-state index is 13.8. The number of rotatable bonds is 8. The smallest absolute Gasteiger partial charge is 0.295 e. The Labute approximate surface area is 192 Å². The van der Waals surface area contributed by atoms with Crippen LogP contribution in [0.15, 0.2) is 60.0 Å². The number of aromatic nitrogens is 3. The number of nitrogens with zero attached hydrogens (tertiary/aromatic N) is 3. The third-order valence-electron chi connectivity index (χ3n) is 4.35. The van der Waals surface area contributed by atoms with Crippen LogP contribution in [0.25, 0.3) is 16.4 Å². The summed E-state index contributed by atoms with van der Waals surface area (Å²) < 4.78 is 25.9. The zero-order chi connectivity index (χ0) is 22.5. The molecule has 32 heavy (non-hydrogen) atoms. The van der Waals surface area contributed by atoms with E-state index in [4.69, 9.17) is 21.1 Å². The predicted molar refractivity (Wildman–Crippen MR) is 121 cm³/mol. The number of nitrogens with one attached hydrogen (secondary N) is 1. The van der Waals surface area contributed by atoms with Gasteiger partial charge in [-0.05, 0) is 41.8 Å². The molecule has 0 saturated carbocycles. The first-order valence-electron chi connectivity index (χ1n) is 9.55. The number of amides is 1. The Kier molecular flexibility index (Phi) is 6.79. The van der Waals surface area contributed by atoms with Crippen LogP contribution in [0.3, 0.4) is 0 Å². The van der Waals surface area contributed by atoms with Crippen molar-refractivity contribution in [3.8, 4) is 22.1 Å². The lowest BCUT2D eigenvalue weighted by Crippen LogP contribution is -2.16. The number of carbonyl (C=O) groups is 1. The summed E-state index contributed by atoms with van der Waals surface area (Å²) in [4.78, 5) is 18.2. The minimum absolute atomic E-state index is 0.0829. The quantitative estimate of drug-likeness (QED) is 0.362. The molecule has 4 rings (SSSR count). The van der Waals surface area contributed by atoms with Crippen LogP contribution in [0.4, 0.5) is 10.1 Å². The first kappa shape index (κ1) is 21.9. The molecule has 0 aliphatic heterocycles. The first-order valence-corrected chi connectivity index (χ1v) is 10.8. The van der Waals surface area contributed by atoms with Crippen molar-refractivity contribution in [3.05, 3.63) is 76.6 Å². The van der Waals surface area contributed by atoms with E-state index in [1.54, 1.807) is 37.4 Å². The van der Waals surface area contributed by atoms with E-state index in [0.717, 1.165) is 4.88 Å². The van der Waals surface area contributed by atoms with Crippen LogP contribution < -0.4 is 10.1 Å². The second kappa shape index (κ2) is 9.90. The molecule has 0 saturated heterocycles. The van der Waals surface area contributed by atoms with Gasteiger partial charge in [-0.15, -0.1) is 16.4 Å². The summed E-state index contributed by atoms with van der Waals surface area (Å²) in [7, 11) is 1.56. The summed E-state index contributed by atoms with van der Waals surface area (Å²) in [6.07, 6.45) is 0. The Bertz CT molecular complexity index is 1230. The van der Waals surface area contributed by atoms with Gasteiger partial charge < -0.3 is 14.8 Å². The molecule has 0 aliphatic carbocycles. The van der Waals surface area contributed by atoms with Gasteiger partial charge in [0.25, 0.3) is 5.91 Å². The number of ether oxygens (including phenoxy) is 2. The van der Waals surface area contributed by atoms with Gasteiger partial charge in [-0.2, -0.15) is 0 Å². The molecule has 1 N–H and O–H groups in total. The second-order valence-electron chi connectivity index (χ2n) is 6.54. The zero-order valence-corrected chi connectivity index (χ0v) is 18.5. The van der Waals surface area contributed by atoms with Crippen LogP contribution in [-0.2, 0) is 4.74 Å². The van der Waals surface area contributed by atoms with Gasteiger partial charge in [0, 0.05) is 7.11 Å². The van der Waals surface area contributed by atoms with Crippen molar-refractivity contribution in [1.29, 1.82) is 0 Å². The van der Waals surface area contributed by atoms with Crippen molar-refractivity contribution in [2.24, 2.45) is 0 Å². The van der Waals surface area contributed by atoms with Crippen molar-refractivity contribution in [2.75, 3.05) is 25.6 Å². The number of thiophene rings is 1. The number of hydrogen-bond donors (Lipinski definition) is 1. The van der Waals surface area contributed by atoms with Crippen LogP contribution in [0, 0.1) is 5.82 Å². The van der Waals surface area contributed by atoms with Crippen molar-refractivity contribution < 1.29 is 18.7 Å². The van der Waals surface area contributed by atoms with Crippen LogP contribution in [-0.4, -0.2) is 41.0 Å². The van der Waals surface area contributed by atoms with Crippen LogP contribution in [0.5, 0.6) is 5.75 Å². The standard InChI is InChI=1S/C22H18ClFN4O3S/c1-30-10-11-31-19-16(23)7-3-8-17(19)25-22(29)20-26-21(18-9-4-12-32-18)28(27-20)15-6-2-5-14(24)13-15/h2-9,12-13H,10-11H2,1H3,(H,25,29). The molecule has 4 aromatic rings. The second-order valence-corrected chi connectivity index (χ2v) is 7.89. The molecule has 1 amide bonds. The zero-order valence-electron chi connectivity index (χ0n) is 16.9. The summed E-state index contributed by atoms with van der Waals surface area (Å²) in [5.41, 5.74) is 0.824. The van der Waals surface area contributed by atoms with Gasteiger partial charge >= 0.3 is 0 Å². The normalized spacial score (nSPS) is 10.8. The summed E-state index contributed by atoms with van der Waals surface area (Å²) in [6, 6.07) is 14.6. The molecule has 0 atom stereocenters. The first-order chi connectivity index (χ1) is 15.6. The minimum Gasteiger partial charge on any atom is -0.487 e. The Balaban J connectivity index is 1.67. The third kappa shape index (κ3) is 4.80. The van der Waals surface area contributed by atoms with E-state index in [1.165, 1.54) is 28.2 Å². The van der Waals surface area contributed by atoms with E-state index in [0.29, 0.717) is 34.6 Å². The molecule has 0 unspecified atom stereocenters. The molecule has 2 aromatic heterocycles. The predicted octanol–water partition coefficient (Wildman–Crippen LogP) is 5.07. The number of halogens is 2. The highest BCUT2D eigenvalue weighted by molar-refractivity contribution is 7.13. The average molecular weight is 473 g/mol. The van der Waals surface area contributed by atoms with E-state index in [9.17, 15) is 9.18 Å². The maximum atomic E-state index is 13.8. The summed E-state index contributed by atoms with van der Waals surface area (Å²) in [5, 5.41) is 9.31. The van der Waals surface area contributed by atoms with Gasteiger partial charge in [0.15, 0.2) is 11.6 Å². The Morgan fingerprint density at radius 2 is 2.03 bits per heavy atom. The number of methoxy groups -OCH3 is 1. The van der Waals surface area contributed by atoms with Gasteiger partial charge in [0.2, 0.25) is 5.82 Å². The van der Waals surface area contributed by atoms with Gasteiger partial charge in [-0.25, -0.2) is 14.1 Å². The number of benzene rings is 2. The fourth-order valence-corrected chi connectivity index (χ4v) is 3.85. The Morgan fingerprint density at radius 3 is 2.78 bits per heavy atom. The molecule has 0 bridgehead atoms. The number of anilines is 1. The largest absolute Gasteiger partial charge is 0.487 e. The molecule has 0 spiro atoms. The highest BCUT2D eigenvalue weighted by Gasteiger charge is 2.21. The maximum Gasteiger partial charge on any atom is 0.295 e. The lowest BCUT2D eigenvalue weighted by molar-refractivity contribution is 0.101. The average Bonchev–Trinajstić information content (AvgIpc) is 3.46. The Hall–Kier alpha value is -3.27. The van der Waals surface area contributed by atoms with Crippen molar-refractivity contribution in [3.63, 3.8) is 0 Å². The van der Waals surface area contributed by atoms with E-state index >= 15 is 0 Å². The molecule has 0 fully saturated rings. The minimum atomic E-state index is -0.559. The SMILES string of the molecule is COCCOc1c(Cl)cccc1NC(=O)c1nc(-c2cccs2)n(-c2cccc(F)c2)n1. The lowest BCUT2D eigenvalue weighted by atomic mass is 10.3. The molecule has 2 heterocycles. The highest BCUT2D eigenvalue weighted by Crippen LogP contribution is 2.33. The molecule has 2 aromatic carbocycles. The summed E-state index contributed by atoms with van der Waals surface area (Å²) in [6.45, 7) is 0.625. The fourth-order valence-electron chi connectivity index (χ4n) is 2.92. The molecule has 7 nitrogen and oxygen atoms in total. The van der Waals surface area contributed by atoms with E-state index in [-0.39, 0.29) is 12.4 Å². The molecule has 164 valence electrons. The van der Waals surface area contributed by atoms with Gasteiger partial charge in [0.1, 0.15) is 12.4 Å². The van der Waals surface area contributed by atoms with Crippen molar-refractivity contribution in [1.82, 2.24) is 14.8 Å². The Morgan fingerprint density at radius 1 is 1.19 bits per heavy atom. The highest BCUT2D eigenvalue weighted by atomic mass is 35.5. The summed E-state index contributed by atoms with van der Waals surface area (Å²) in [5.74, 6) is -0.309. The van der Waals surface area contributed by atoms with Crippen LogP contribution >= 0.6 is 22.9 Å². The fraction of sp³-hybridized carbons (Fsp3) is 0.136. The van der Waals surface area contributed by atoms with E-state index in [2.05, 4.69) is 15.4 Å². The summed E-state index contributed by atoms with van der Waals surface area (Å²) >= 11 is 7.68. The van der Waals surface area contributed by atoms with Gasteiger partial charge in [-0.3, -0.25) is 4.79 Å². The van der Waals surface area contributed by atoms with Crippen molar-refractivity contribution in [2.45, 2.75) is 0 Å². The van der Waals surface area contributed by atoms with E-state index < -0.39 is 11.7 Å². The number of carbonyl (C=O) groups excluding carboxylic acids is 1. The van der Waals surface area contributed by atoms with Crippen LogP contribution in [0.1, 0.15) is 10.6 Å². The van der Waals surface area contributed by atoms with E-state index in [1.807, 2.05) is 17.5 Å². The third-order valence-corrected chi connectivity index (χ3v) is 5.52.